The Morgan fingerprint density at radius 2 is 2.11 bits per heavy atom. The molecular weight excluding hydrogens is 228 g/mol. The fourth-order valence-corrected chi connectivity index (χ4v) is 2.22. The van der Waals surface area contributed by atoms with E-state index in [1.165, 1.54) is 20.0 Å². The second-order valence-corrected chi connectivity index (χ2v) is 5.37. The van der Waals surface area contributed by atoms with Crippen LogP contribution in [0.15, 0.2) is 18.2 Å². The van der Waals surface area contributed by atoms with Crippen molar-refractivity contribution in [1.29, 1.82) is 0 Å². The highest BCUT2D eigenvalue weighted by atomic mass is 16.5. The van der Waals surface area contributed by atoms with E-state index in [4.69, 9.17) is 10.5 Å². The molecule has 0 aromatic heterocycles. The van der Waals surface area contributed by atoms with Gasteiger partial charge in [-0.1, -0.05) is 6.07 Å². The second kappa shape index (κ2) is 4.52. The van der Waals surface area contributed by atoms with E-state index in [9.17, 15) is 4.79 Å². The number of carbonyl (C=O) groups excluding carboxylic acids is 1. The number of hydrogen-bond acceptors (Lipinski definition) is 3. The fraction of sp³-hybridized carbons (Fsp3) is 0.500. The standard InChI is InChI=1S/C14H20N2O2/c1-14(2,9-7-8-9)16-13(17)12-10(15)5-4-6-11(12)18-3/h4-6,9H,7-8,15H2,1-3H3,(H,16,17). The number of amides is 1. The van der Waals surface area contributed by atoms with Gasteiger partial charge in [0.05, 0.1) is 7.11 Å². The first-order chi connectivity index (χ1) is 8.45. The van der Waals surface area contributed by atoms with Crippen LogP contribution in [0, 0.1) is 5.92 Å². The average molecular weight is 248 g/mol. The highest BCUT2D eigenvalue weighted by Gasteiger charge is 2.39. The summed E-state index contributed by atoms with van der Waals surface area (Å²) in [4.78, 5) is 12.3. The third-order valence-electron chi connectivity index (χ3n) is 3.54. The van der Waals surface area contributed by atoms with E-state index in [1.54, 1.807) is 18.2 Å². The molecule has 4 heteroatoms. The first-order valence-corrected chi connectivity index (χ1v) is 6.20. The molecule has 1 aliphatic carbocycles. The summed E-state index contributed by atoms with van der Waals surface area (Å²) in [7, 11) is 1.54. The van der Waals surface area contributed by atoms with Crippen LogP contribution in [0.4, 0.5) is 5.69 Å². The Morgan fingerprint density at radius 1 is 1.44 bits per heavy atom. The Kier molecular flexibility index (Phi) is 3.20. The van der Waals surface area contributed by atoms with Crippen LogP contribution < -0.4 is 15.8 Å². The van der Waals surface area contributed by atoms with E-state index in [1.807, 2.05) is 13.8 Å². The summed E-state index contributed by atoms with van der Waals surface area (Å²) in [6, 6.07) is 5.23. The van der Waals surface area contributed by atoms with Gasteiger partial charge < -0.3 is 15.8 Å². The number of hydrogen-bond donors (Lipinski definition) is 2. The van der Waals surface area contributed by atoms with Crippen LogP contribution >= 0.6 is 0 Å². The van der Waals surface area contributed by atoms with Crippen molar-refractivity contribution >= 4 is 11.6 Å². The second-order valence-electron chi connectivity index (χ2n) is 5.37. The number of ether oxygens (including phenoxy) is 1. The monoisotopic (exact) mass is 248 g/mol. The summed E-state index contributed by atoms with van der Waals surface area (Å²) in [5, 5.41) is 3.05. The van der Waals surface area contributed by atoms with E-state index >= 15 is 0 Å². The van der Waals surface area contributed by atoms with Crippen LogP contribution in [0.25, 0.3) is 0 Å². The van der Waals surface area contributed by atoms with Gasteiger partial charge in [0.25, 0.3) is 5.91 Å². The smallest absolute Gasteiger partial charge is 0.257 e. The van der Waals surface area contributed by atoms with Gasteiger partial charge in [-0.15, -0.1) is 0 Å². The molecule has 1 aliphatic rings. The number of nitrogen functional groups attached to an aromatic ring is 1. The number of anilines is 1. The molecule has 2 rings (SSSR count). The zero-order valence-electron chi connectivity index (χ0n) is 11.1. The van der Waals surface area contributed by atoms with Crippen molar-refractivity contribution < 1.29 is 9.53 Å². The van der Waals surface area contributed by atoms with Gasteiger partial charge in [0, 0.05) is 11.2 Å². The molecule has 0 unspecified atom stereocenters. The molecule has 0 radical (unpaired) electrons. The maximum Gasteiger partial charge on any atom is 0.257 e. The molecule has 0 bridgehead atoms. The highest BCUT2D eigenvalue weighted by molar-refractivity contribution is 6.02. The highest BCUT2D eigenvalue weighted by Crippen LogP contribution is 2.39. The van der Waals surface area contributed by atoms with Gasteiger partial charge in [-0.25, -0.2) is 0 Å². The fourth-order valence-electron chi connectivity index (χ4n) is 2.22. The summed E-state index contributed by atoms with van der Waals surface area (Å²) in [5.41, 5.74) is 6.55. The normalized spacial score (nSPS) is 15.3. The van der Waals surface area contributed by atoms with Gasteiger partial charge in [-0.2, -0.15) is 0 Å². The maximum absolute atomic E-state index is 12.3. The quantitative estimate of drug-likeness (QED) is 0.803. The van der Waals surface area contributed by atoms with Crippen LogP contribution in [-0.2, 0) is 0 Å². The number of benzene rings is 1. The molecule has 0 aliphatic heterocycles. The average Bonchev–Trinajstić information content (AvgIpc) is 3.11. The van der Waals surface area contributed by atoms with Gasteiger partial charge in [-0.3, -0.25) is 4.79 Å². The van der Waals surface area contributed by atoms with Crippen LogP contribution in [0.3, 0.4) is 0 Å². The lowest BCUT2D eigenvalue weighted by atomic mass is 9.97. The topological polar surface area (TPSA) is 64.3 Å². The first-order valence-electron chi connectivity index (χ1n) is 6.20. The maximum atomic E-state index is 12.3. The lowest BCUT2D eigenvalue weighted by molar-refractivity contribution is 0.0901. The third kappa shape index (κ3) is 2.42. The summed E-state index contributed by atoms with van der Waals surface area (Å²) in [6.45, 7) is 4.10. The minimum absolute atomic E-state index is 0.165. The number of nitrogens with one attached hydrogen (secondary N) is 1. The third-order valence-corrected chi connectivity index (χ3v) is 3.54. The lowest BCUT2D eigenvalue weighted by Gasteiger charge is -2.26. The Bertz CT molecular complexity index is 465. The van der Waals surface area contributed by atoms with Crippen molar-refractivity contribution in [2.24, 2.45) is 5.92 Å². The molecule has 1 aromatic rings. The minimum atomic E-state index is -0.190. The van der Waals surface area contributed by atoms with Crippen molar-refractivity contribution in [2.45, 2.75) is 32.2 Å². The van der Waals surface area contributed by atoms with Crippen molar-refractivity contribution in [3.63, 3.8) is 0 Å². The molecule has 0 heterocycles. The molecule has 1 amide bonds. The van der Waals surface area contributed by atoms with Crippen LogP contribution in [-0.4, -0.2) is 18.6 Å². The Labute approximate surface area is 108 Å². The zero-order valence-corrected chi connectivity index (χ0v) is 11.1. The van der Waals surface area contributed by atoms with Gasteiger partial charge in [-0.05, 0) is 44.7 Å². The number of nitrogens with two attached hydrogens (primary N) is 1. The molecule has 0 atom stereocenters. The van der Waals surface area contributed by atoms with Crippen molar-refractivity contribution in [2.75, 3.05) is 12.8 Å². The Balaban J connectivity index is 2.23. The number of methoxy groups -OCH3 is 1. The summed E-state index contributed by atoms with van der Waals surface area (Å²) in [5.74, 6) is 0.915. The molecule has 1 saturated carbocycles. The van der Waals surface area contributed by atoms with Crippen molar-refractivity contribution in [3.05, 3.63) is 23.8 Å². The molecular formula is C14H20N2O2. The predicted octanol–water partition coefficient (Wildman–Crippen LogP) is 2.20. The molecule has 3 N–H and O–H groups in total. The zero-order chi connectivity index (χ0) is 13.3. The minimum Gasteiger partial charge on any atom is -0.496 e. The van der Waals surface area contributed by atoms with Crippen molar-refractivity contribution in [1.82, 2.24) is 5.32 Å². The van der Waals surface area contributed by atoms with Gasteiger partial charge in [0.1, 0.15) is 11.3 Å². The van der Waals surface area contributed by atoms with E-state index in [-0.39, 0.29) is 11.4 Å². The molecule has 4 nitrogen and oxygen atoms in total. The molecule has 0 spiro atoms. The largest absolute Gasteiger partial charge is 0.496 e. The van der Waals surface area contributed by atoms with E-state index in [2.05, 4.69) is 5.32 Å². The van der Waals surface area contributed by atoms with Gasteiger partial charge in [0.2, 0.25) is 0 Å². The molecule has 1 fully saturated rings. The van der Waals surface area contributed by atoms with Gasteiger partial charge >= 0.3 is 0 Å². The summed E-state index contributed by atoms with van der Waals surface area (Å²) < 4.78 is 5.20. The summed E-state index contributed by atoms with van der Waals surface area (Å²) >= 11 is 0. The molecule has 18 heavy (non-hydrogen) atoms. The number of rotatable bonds is 4. The molecule has 1 aromatic carbocycles. The van der Waals surface area contributed by atoms with E-state index < -0.39 is 0 Å². The van der Waals surface area contributed by atoms with E-state index in [0.29, 0.717) is 22.9 Å². The first kappa shape index (κ1) is 12.7. The Hall–Kier alpha value is -1.71. The van der Waals surface area contributed by atoms with Crippen molar-refractivity contribution in [3.8, 4) is 5.75 Å². The van der Waals surface area contributed by atoms with Crippen LogP contribution in [0.5, 0.6) is 5.75 Å². The summed E-state index contributed by atoms with van der Waals surface area (Å²) in [6.07, 6.45) is 2.35. The lowest BCUT2D eigenvalue weighted by Crippen LogP contribution is -2.45. The van der Waals surface area contributed by atoms with Crippen LogP contribution in [0.1, 0.15) is 37.0 Å². The van der Waals surface area contributed by atoms with E-state index in [0.717, 1.165) is 0 Å². The predicted molar refractivity (Wildman–Crippen MR) is 71.7 cm³/mol. The SMILES string of the molecule is COc1cccc(N)c1C(=O)NC(C)(C)C1CC1. The van der Waals surface area contributed by atoms with Crippen LogP contribution in [0.2, 0.25) is 0 Å². The van der Waals surface area contributed by atoms with Gasteiger partial charge in [0.15, 0.2) is 0 Å². The number of carbonyl (C=O) groups is 1. The molecule has 0 saturated heterocycles. The Morgan fingerprint density at radius 3 is 2.67 bits per heavy atom. The molecule has 98 valence electrons.